The van der Waals surface area contributed by atoms with E-state index in [-0.39, 0.29) is 32.9 Å². The van der Waals surface area contributed by atoms with Crippen molar-refractivity contribution in [2.24, 2.45) is 5.92 Å². The minimum atomic E-state index is -0.641. The predicted molar refractivity (Wildman–Crippen MR) is 120 cm³/mol. The lowest BCUT2D eigenvalue weighted by molar-refractivity contribution is -0.132. The molecule has 0 aromatic heterocycles. The maximum Gasteiger partial charge on any atom is 0.343 e. The molecule has 3 unspecified atom stereocenters. The fourth-order valence-corrected chi connectivity index (χ4v) is 4.53. The lowest BCUT2D eigenvalue weighted by Gasteiger charge is -2.36. The molecule has 32 heavy (non-hydrogen) atoms. The first kappa shape index (κ1) is 22.8. The normalized spacial score (nSPS) is 22.3. The SMILES string of the molecule is COc1c(Cl)ccc(Cl)c1C(=O)OC1CCC2C(=O)C(Oc3ccccc3Cl)=COC2C1. The van der Waals surface area contributed by atoms with Gasteiger partial charge in [-0.05, 0) is 37.1 Å². The number of fused-ring (bicyclic) bond motifs is 1. The zero-order valence-corrected chi connectivity index (χ0v) is 19.2. The van der Waals surface area contributed by atoms with Gasteiger partial charge in [0.1, 0.15) is 29.8 Å². The molecule has 0 bridgehead atoms. The van der Waals surface area contributed by atoms with Gasteiger partial charge in [0.05, 0.1) is 28.1 Å². The molecule has 4 rings (SSSR count). The Morgan fingerprint density at radius 1 is 1.03 bits per heavy atom. The highest BCUT2D eigenvalue weighted by Crippen LogP contribution is 2.38. The van der Waals surface area contributed by atoms with E-state index in [1.54, 1.807) is 30.3 Å². The molecule has 1 aliphatic carbocycles. The van der Waals surface area contributed by atoms with Crippen LogP contribution >= 0.6 is 34.8 Å². The van der Waals surface area contributed by atoms with Gasteiger partial charge in [0.15, 0.2) is 5.75 Å². The Morgan fingerprint density at radius 2 is 1.78 bits per heavy atom. The molecule has 1 heterocycles. The van der Waals surface area contributed by atoms with E-state index in [9.17, 15) is 9.59 Å². The van der Waals surface area contributed by atoms with E-state index in [4.69, 9.17) is 53.8 Å². The molecule has 0 spiro atoms. The number of esters is 1. The van der Waals surface area contributed by atoms with E-state index in [0.717, 1.165) is 0 Å². The number of benzene rings is 2. The lowest BCUT2D eigenvalue weighted by atomic mass is 9.80. The van der Waals surface area contributed by atoms with Crippen molar-refractivity contribution >= 4 is 46.6 Å². The zero-order chi connectivity index (χ0) is 22.8. The molecular formula is C23H19Cl3O6. The molecule has 168 valence electrons. The average Bonchev–Trinajstić information content (AvgIpc) is 2.78. The Hall–Kier alpha value is -2.41. The number of hydrogen-bond acceptors (Lipinski definition) is 6. The van der Waals surface area contributed by atoms with Crippen LogP contribution < -0.4 is 9.47 Å². The minimum absolute atomic E-state index is 0.0692. The molecular weight excluding hydrogens is 479 g/mol. The summed E-state index contributed by atoms with van der Waals surface area (Å²) in [6.45, 7) is 0. The van der Waals surface area contributed by atoms with Crippen LogP contribution in [-0.4, -0.2) is 31.1 Å². The number of allylic oxidation sites excluding steroid dienone is 1. The first-order valence-corrected chi connectivity index (χ1v) is 11.1. The number of hydrogen-bond donors (Lipinski definition) is 0. The molecule has 6 nitrogen and oxygen atoms in total. The van der Waals surface area contributed by atoms with Crippen LogP contribution in [0.4, 0.5) is 0 Å². The van der Waals surface area contributed by atoms with E-state index >= 15 is 0 Å². The van der Waals surface area contributed by atoms with Crippen molar-refractivity contribution in [3.8, 4) is 11.5 Å². The Balaban J connectivity index is 1.44. The Bertz CT molecular complexity index is 1080. The summed E-state index contributed by atoms with van der Waals surface area (Å²) in [5, 5.41) is 0.831. The van der Waals surface area contributed by atoms with Gasteiger partial charge in [-0.1, -0.05) is 46.9 Å². The number of ketones is 1. The van der Waals surface area contributed by atoms with Crippen molar-refractivity contribution in [1.82, 2.24) is 0 Å². The summed E-state index contributed by atoms with van der Waals surface area (Å²) in [6, 6.07) is 9.94. The van der Waals surface area contributed by atoms with Gasteiger partial charge >= 0.3 is 5.97 Å². The smallest absolute Gasteiger partial charge is 0.343 e. The third kappa shape index (κ3) is 4.53. The average molecular weight is 498 g/mol. The number of methoxy groups -OCH3 is 1. The quantitative estimate of drug-likeness (QED) is 0.481. The highest BCUT2D eigenvalue weighted by Gasteiger charge is 2.42. The molecule has 9 heteroatoms. The van der Waals surface area contributed by atoms with Crippen LogP contribution in [0.15, 0.2) is 48.4 Å². The molecule has 1 aliphatic heterocycles. The Morgan fingerprint density at radius 3 is 2.53 bits per heavy atom. The van der Waals surface area contributed by atoms with Gasteiger partial charge in [0.2, 0.25) is 11.5 Å². The molecule has 0 saturated heterocycles. The summed E-state index contributed by atoms with van der Waals surface area (Å²) in [7, 11) is 1.40. The van der Waals surface area contributed by atoms with Crippen LogP contribution in [0.5, 0.6) is 11.5 Å². The summed E-state index contributed by atoms with van der Waals surface area (Å²) in [5.74, 6) is -0.553. The number of Topliss-reactive ketones (excluding diaryl/α,β-unsaturated/α-hetero) is 1. The maximum atomic E-state index is 12.9. The van der Waals surface area contributed by atoms with Gasteiger partial charge < -0.3 is 18.9 Å². The highest BCUT2D eigenvalue weighted by atomic mass is 35.5. The maximum absolute atomic E-state index is 12.9. The molecule has 2 aromatic rings. The topological polar surface area (TPSA) is 71.1 Å². The van der Waals surface area contributed by atoms with Crippen LogP contribution in [0.2, 0.25) is 15.1 Å². The molecule has 2 aromatic carbocycles. The van der Waals surface area contributed by atoms with Crippen LogP contribution in [0.25, 0.3) is 0 Å². The summed E-state index contributed by atoms with van der Waals surface area (Å²) >= 11 is 18.4. The predicted octanol–water partition coefficient (Wildman–Crippen LogP) is 5.87. The summed E-state index contributed by atoms with van der Waals surface area (Å²) in [5.41, 5.74) is 0.0692. The number of halogens is 3. The minimum Gasteiger partial charge on any atom is -0.494 e. The Labute approximate surface area is 199 Å². The van der Waals surface area contributed by atoms with Crippen molar-refractivity contribution in [3.05, 3.63) is 69.1 Å². The molecule has 0 N–H and O–H groups in total. The second-order valence-electron chi connectivity index (χ2n) is 7.44. The molecule has 0 radical (unpaired) electrons. The summed E-state index contributed by atoms with van der Waals surface area (Å²) in [4.78, 5) is 25.7. The van der Waals surface area contributed by atoms with Crippen molar-refractivity contribution in [2.75, 3.05) is 7.11 Å². The lowest BCUT2D eigenvalue weighted by Crippen LogP contribution is -2.43. The van der Waals surface area contributed by atoms with Crippen LogP contribution in [0.3, 0.4) is 0 Å². The van der Waals surface area contributed by atoms with Crippen LogP contribution in [0, 0.1) is 5.92 Å². The number of rotatable bonds is 5. The molecule has 3 atom stereocenters. The molecule has 1 saturated carbocycles. The first-order chi connectivity index (χ1) is 15.4. The van der Waals surface area contributed by atoms with Gasteiger partial charge in [-0.25, -0.2) is 4.79 Å². The number of para-hydroxylation sites is 1. The van der Waals surface area contributed by atoms with Crippen molar-refractivity contribution in [3.63, 3.8) is 0 Å². The van der Waals surface area contributed by atoms with Gasteiger partial charge in [0.25, 0.3) is 0 Å². The second-order valence-corrected chi connectivity index (χ2v) is 8.66. The third-order valence-corrected chi connectivity index (χ3v) is 6.40. The van der Waals surface area contributed by atoms with E-state index in [0.29, 0.717) is 30.0 Å². The second kappa shape index (κ2) is 9.61. The molecule has 2 aliphatic rings. The summed E-state index contributed by atoms with van der Waals surface area (Å²) < 4.78 is 22.3. The van der Waals surface area contributed by atoms with Gasteiger partial charge in [-0.15, -0.1) is 0 Å². The van der Waals surface area contributed by atoms with Crippen molar-refractivity contribution < 1.29 is 28.5 Å². The number of ether oxygens (including phenoxy) is 4. The van der Waals surface area contributed by atoms with Crippen LogP contribution in [-0.2, 0) is 14.3 Å². The fraction of sp³-hybridized carbons (Fsp3) is 0.304. The van der Waals surface area contributed by atoms with E-state index in [1.807, 2.05) is 0 Å². The molecule has 1 fully saturated rings. The number of carbonyl (C=O) groups is 2. The molecule has 0 amide bonds. The number of carbonyl (C=O) groups excluding carboxylic acids is 2. The van der Waals surface area contributed by atoms with Gasteiger partial charge in [0, 0.05) is 6.42 Å². The monoisotopic (exact) mass is 496 g/mol. The third-order valence-electron chi connectivity index (χ3n) is 5.47. The van der Waals surface area contributed by atoms with Crippen LogP contribution in [0.1, 0.15) is 29.6 Å². The largest absolute Gasteiger partial charge is 0.494 e. The standard InChI is InChI=1S/C23H19Cl3O6/c1-29-22-16(26)9-8-15(25)20(22)23(28)31-12-6-7-13-18(10-12)30-11-19(21(13)27)32-17-5-3-2-4-14(17)24/h2-5,8-9,11-13,18H,6-7,10H2,1H3. The van der Waals surface area contributed by atoms with E-state index in [1.165, 1.54) is 19.4 Å². The van der Waals surface area contributed by atoms with Crippen molar-refractivity contribution in [1.29, 1.82) is 0 Å². The van der Waals surface area contributed by atoms with Gasteiger partial charge in [-0.3, -0.25) is 4.79 Å². The highest BCUT2D eigenvalue weighted by molar-refractivity contribution is 6.37. The summed E-state index contributed by atoms with van der Waals surface area (Å²) in [6.07, 6.45) is 1.75. The van der Waals surface area contributed by atoms with E-state index < -0.39 is 24.1 Å². The fourth-order valence-electron chi connectivity index (χ4n) is 3.89. The zero-order valence-electron chi connectivity index (χ0n) is 17.0. The first-order valence-electron chi connectivity index (χ1n) is 9.94. The Kier molecular flexibility index (Phi) is 6.84. The van der Waals surface area contributed by atoms with E-state index in [2.05, 4.69) is 0 Å². The van der Waals surface area contributed by atoms with Gasteiger partial charge in [-0.2, -0.15) is 0 Å². The van der Waals surface area contributed by atoms with Crippen molar-refractivity contribution in [2.45, 2.75) is 31.5 Å².